The van der Waals surface area contributed by atoms with Gasteiger partial charge in [0, 0.05) is 34.2 Å². The van der Waals surface area contributed by atoms with Crippen LogP contribution in [0.4, 0.5) is 4.79 Å². The number of carbonyl (C=O) groups excluding carboxylic acids is 1. The number of amides is 2. The molecule has 1 aromatic carbocycles. The average Bonchev–Trinajstić information content (AvgIpc) is 2.81. The van der Waals surface area contributed by atoms with Crippen molar-refractivity contribution in [2.24, 2.45) is 7.05 Å². The SMILES string of the molecule is CC(NCCNC(=O)N(C)C)c1nc2ccccc2n1C. The highest BCUT2D eigenvalue weighted by atomic mass is 16.2. The van der Waals surface area contributed by atoms with E-state index >= 15 is 0 Å². The van der Waals surface area contributed by atoms with Crippen molar-refractivity contribution in [1.82, 2.24) is 25.1 Å². The molecule has 1 atom stereocenters. The van der Waals surface area contributed by atoms with Gasteiger partial charge in [-0.1, -0.05) is 12.1 Å². The Labute approximate surface area is 125 Å². The monoisotopic (exact) mass is 289 g/mol. The number of hydrogen-bond acceptors (Lipinski definition) is 3. The summed E-state index contributed by atoms with van der Waals surface area (Å²) in [6.45, 7) is 3.37. The van der Waals surface area contributed by atoms with Gasteiger partial charge in [0.05, 0.1) is 17.1 Å². The van der Waals surface area contributed by atoms with Crippen molar-refractivity contribution in [3.05, 3.63) is 30.1 Å². The zero-order chi connectivity index (χ0) is 15.4. The van der Waals surface area contributed by atoms with E-state index in [0.29, 0.717) is 13.1 Å². The molecule has 1 heterocycles. The van der Waals surface area contributed by atoms with Crippen LogP contribution in [0.2, 0.25) is 0 Å². The lowest BCUT2D eigenvalue weighted by Crippen LogP contribution is -2.39. The maximum atomic E-state index is 11.4. The smallest absolute Gasteiger partial charge is 0.316 e. The summed E-state index contributed by atoms with van der Waals surface area (Å²) >= 11 is 0. The zero-order valence-electron chi connectivity index (χ0n) is 13.1. The topological polar surface area (TPSA) is 62.2 Å². The van der Waals surface area contributed by atoms with Crippen LogP contribution in [0.1, 0.15) is 18.8 Å². The summed E-state index contributed by atoms with van der Waals surface area (Å²) in [7, 11) is 5.48. The lowest BCUT2D eigenvalue weighted by atomic mass is 10.3. The molecule has 0 aliphatic carbocycles. The molecule has 2 rings (SSSR count). The zero-order valence-corrected chi connectivity index (χ0v) is 13.1. The number of imidazole rings is 1. The molecule has 0 aliphatic rings. The van der Waals surface area contributed by atoms with Gasteiger partial charge in [-0.3, -0.25) is 0 Å². The number of benzene rings is 1. The van der Waals surface area contributed by atoms with Crippen LogP contribution in [0.5, 0.6) is 0 Å². The van der Waals surface area contributed by atoms with Crippen LogP contribution in [0, 0.1) is 0 Å². The first-order valence-corrected chi connectivity index (χ1v) is 7.10. The molecule has 0 spiro atoms. The van der Waals surface area contributed by atoms with Crippen LogP contribution in [0.25, 0.3) is 11.0 Å². The predicted molar refractivity (Wildman–Crippen MR) is 84.2 cm³/mol. The first-order valence-electron chi connectivity index (χ1n) is 7.10. The number of aryl methyl sites for hydroxylation is 1. The van der Waals surface area contributed by atoms with Crippen molar-refractivity contribution in [2.75, 3.05) is 27.2 Å². The van der Waals surface area contributed by atoms with Gasteiger partial charge in [0.25, 0.3) is 0 Å². The van der Waals surface area contributed by atoms with Crippen molar-refractivity contribution in [3.8, 4) is 0 Å². The summed E-state index contributed by atoms with van der Waals surface area (Å²) < 4.78 is 2.10. The summed E-state index contributed by atoms with van der Waals surface area (Å²) in [6.07, 6.45) is 0. The molecule has 2 amide bonds. The fourth-order valence-corrected chi connectivity index (χ4v) is 2.26. The fourth-order valence-electron chi connectivity index (χ4n) is 2.26. The highest BCUT2D eigenvalue weighted by molar-refractivity contribution is 5.75. The second kappa shape index (κ2) is 6.58. The van der Waals surface area contributed by atoms with E-state index in [4.69, 9.17) is 0 Å². The Balaban J connectivity index is 1.92. The van der Waals surface area contributed by atoms with Gasteiger partial charge in [-0.05, 0) is 19.1 Å². The molecule has 6 nitrogen and oxygen atoms in total. The lowest BCUT2D eigenvalue weighted by Gasteiger charge is -2.15. The minimum absolute atomic E-state index is 0.0767. The molecule has 1 aromatic heterocycles. The molecular formula is C15H23N5O. The molecule has 6 heteroatoms. The number of fused-ring (bicyclic) bond motifs is 1. The Morgan fingerprint density at radius 1 is 1.33 bits per heavy atom. The van der Waals surface area contributed by atoms with E-state index < -0.39 is 0 Å². The molecule has 21 heavy (non-hydrogen) atoms. The standard InChI is InChI=1S/C15H23N5O/c1-11(16-9-10-17-15(21)19(2)3)14-18-12-7-5-6-8-13(12)20(14)4/h5-8,11,16H,9-10H2,1-4H3,(H,17,21). The molecule has 0 bridgehead atoms. The summed E-state index contributed by atoms with van der Waals surface area (Å²) in [5, 5.41) is 6.21. The van der Waals surface area contributed by atoms with Gasteiger partial charge in [0.1, 0.15) is 5.82 Å². The normalized spacial score (nSPS) is 12.4. The summed E-state index contributed by atoms with van der Waals surface area (Å²) in [5.74, 6) is 0.995. The van der Waals surface area contributed by atoms with Crippen LogP contribution in [0.3, 0.4) is 0 Å². The third-order valence-corrected chi connectivity index (χ3v) is 3.47. The molecule has 0 saturated carbocycles. The van der Waals surface area contributed by atoms with Crippen LogP contribution in [0.15, 0.2) is 24.3 Å². The Morgan fingerprint density at radius 3 is 2.71 bits per heavy atom. The number of carbonyl (C=O) groups is 1. The van der Waals surface area contributed by atoms with Crippen molar-refractivity contribution >= 4 is 17.1 Å². The van der Waals surface area contributed by atoms with E-state index in [9.17, 15) is 4.79 Å². The molecule has 1 unspecified atom stereocenters. The van der Waals surface area contributed by atoms with Gasteiger partial charge >= 0.3 is 6.03 Å². The first kappa shape index (κ1) is 15.3. The van der Waals surface area contributed by atoms with Crippen LogP contribution in [-0.2, 0) is 7.05 Å². The minimum atomic E-state index is -0.0767. The lowest BCUT2D eigenvalue weighted by molar-refractivity contribution is 0.217. The number of nitrogens with one attached hydrogen (secondary N) is 2. The number of hydrogen-bond donors (Lipinski definition) is 2. The highest BCUT2D eigenvalue weighted by Gasteiger charge is 2.13. The molecule has 2 aromatic rings. The maximum Gasteiger partial charge on any atom is 0.316 e. The van der Waals surface area contributed by atoms with Crippen LogP contribution in [-0.4, -0.2) is 47.7 Å². The first-order chi connectivity index (χ1) is 10.0. The predicted octanol–water partition coefficient (Wildman–Crippen LogP) is 1.50. The Morgan fingerprint density at radius 2 is 2.05 bits per heavy atom. The average molecular weight is 289 g/mol. The summed E-state index contributed by atoms with van der Waals surface area (Å²) in [6, 6.07) is 8.14. The quantitative estimate of drug-likeness (QED) is 0.820. The van der Waals surface area contributed by atoms with Crippen molar-refractivity contribution in [3.63, 3.8) is 0 Å². The number of rotatable bonds is 5. The molecule has 0 aliphatic heterocycles. The van der Waals surface area contributed by atoms with E-state index in [1.165, 1.54) is 4.90 Å². The van der Waals surface area contributed by atoms with Gasteiger partial charge in [-0.15, -0.1) is 0 Å². The van der Waals surface area contributed by atoms with Crippen LogP contribution >= 0.6 is 0 Å². The number of para-hydroxylation sites is 2. The van der Waals surface area contributed by atoms with Crippen molar-refractivity contribution < 1.29 is 4.79 Å². The Kier molecular flexibility index (Phi) is 4.80. The number of nitrogens with zero attached hydrogens (tertiary/aromatic N) is 3. The van der Waals surface area contributed by atoms with Crippen molar-refractivity contribution in [2.45, 2.75) is 13.0 Å². The molecule has 2 N–H and O–H groups in total. The van der Waals surface area contributed by atoms with Gasteiger partial charge in [-0.25, -0.2) is 9.78 Å². The highest BCUT2D eigenvalue weighted by Crippen LogP contribution is 2.18. The molecule has 0 radical (unpaired) electrons. The summed E-state index contributed by atoms with van der Waals surface area (Å²) in [5.41, 5.74) is 2.13. The minimum Gasteiger partial charge on any atom is -0.337 e. The van der Waals surface area contributed by atoms with Gasteiger partial charge in [0.2, 0.25) is 0 Å². The van der Waals surface area contributed by atoms with E-state index in [0.717, 1.165) is 16.9 Å². The van der Waals surface area contributed by atoms with E-state index in [2.05, 4.69) is 33.2 Å². The maximum absolute atomic E-state index is 11.4. The fraction of sp³-hybridized carbons (Fsp3) is 0.467. The third kappa shape index (κ3) is 3.52. The third-order valence-electron chi connectivity index (χ3n) is 3.47. The Hall–Kier alpha value is -2.08. The van der Waals surface area contributed by atoms with E-state index in [1.807, 2.05) is 25.2 Å². The molecule has 114 valence electrons. The molecule has 0 fully saturated rings. The Bertz CT molecular complexity index is 620. The second-order valence-electron chi connectivity index (χ2n) is 5.32. The molecular weight excluding hydrogens is 266 g/mol. The number of urea groups is 1. The molecule has 0 saturated heterocycles. The largest absolute Gasteiger partial charge is 0.337 e. The van der Waals surface area contributed by atoms with Gasteiger partial charge < -0.3 is 20.1 Å². The number of aromatic nitrogens is 2. The van der Waals surface area contributed by atoms with Crippen LogP contribution < -0.4 is 10.6 Å². The van der Waals surface area contributed by atoms with Gasteiger partial charge in [-0.2, -0.15) is 0 Å². The van der Waals surface area contributed by atoms with Gasteiger partial charge in [0.15, 0.2) is 0 Å². The second-order valence-corrected chi connectivity index (χ2v) is 5.32. The van der Waals surface area contributed by atoms with E-state index in [1.54, 1.807) is 14.1 Å². The van der Waals surface area contributed by atoms with E-state index in [-0.39, 0.29) is 12.1 Å². The summed E-state index contributed by atoms with van der Waals surface area (Å²) in [4.78, 5) is 17.6. The van der Waals surface area contributed by atoms with Crippen molar-refractivity contribution in [1.29, 1.82) is 0 Å².